The summed E-state index contributed by atoms with van der Waals surface area (Å²) in [6, 6.07) is 12.4. The third-order valence-electron chi connectivity index (χ3n) is 6.16. The molecule has 0 unspecified atom stereocenters. The molecule has 1 aromatic carbocycles. The zero-order valence-electron chi connectivity index (χ0n) is 17.9. The fraction of sp³-hybridized carbons (Fsp3) is 0.261. The highest BCUT2D eigenvalue weighted by Gasteiger charge is 2.19. The topological polar surface area (TPSA) is 93.6 Å². The van der Waals surface area contributed by atoms with Crippen LogP contribution in [-0.4, -0.2) is 61.8 Å². The summed E-state index contributed by atoms with van der Waals surface area (Å²) in [5.41, 5.74) is 8.59. The van der Waals surface area contributed by atoms with E-state index in [-0.39, 0.29) is 11.8 Å². The van der Waals surface area contributed by atoms with Gasteiger partial charge in [0, 0.05) is 51.2 Å². The van der Waals surface area contributed by atoms with Gasteiger partial charge in [0.1, 0.15) is 11.5 Å². The minimum absolute atomic E-state index is 0.195. The Morgan fingerprint density at radius 2 is 1.85 bits per heavy atom. The molecule has 10 heteroatoms. The van der Waals surface area contributed by atoms with Crippen molar-refractivity contribution >= 4 is 28.3 Å². The first-order valence-corrected chi connectivity index (χ1v) is 10.9. The van der Waals surface area contributed by atoms with Crippen molar-refractivity contribution in [3.05, 3.63) is 60.7 Å². The van der Waals surface area contributed by atoms with E-state index in [1.165, 1.54) is 6.07 Å². The summed E-state index contributed by atoms with van der Waals surface area (Å²) in [4.78, 5) is 13.9. The van der Waals surface area contributed by atoms with Gasteiger partial charge in [0.15, 0.2) is 11.4 Å². The maximum atomic E-state index is 13.5. The van der Waals surface area contributed by atoms with Crippen LogP contribution in [0.15, 0.2) is 59.3 Å². The molecule has 9 nitrogen and oxygen atoms in total. The molecule has 5 heterocycles. The lowest BCUT2D eigenvalue weighted by Crippen LogP contribution is -2.47. The second kappa shape index (κ2) is 7.89. The molecule has 0 atom stereocenters. The maximum Gasteiger partial charge on any atom is 0.225 e. The number of nitrogen functional groups attached to an aromatic ring is 1. The first kappa shape index (κ1) is 19.7. The molecule has 2 N–H and O–H groups in total. The minimum atomic E-state index is -0.195. The highest BCUT2D eigenvalue weighted by Crippen LogP contribution is 2.24. The third-order valence-corrected chi connectivity index (χ3v) is 6.16. The average Bonchev–Trinajstić information content (AvgIpc) is 3.57. The van der Waals surface area contributed by atoms with E-state index in [1.54, 1.807) is 29.0 Å². The number of halogens is 1. The van der Waals surface area contributed by atoms with Crippen molar-refractivity contribution in [1.82, 2.24) is 29.0 Å². The van der Waals surface area contributed by atoms with Crippen LogP contribution in [0.1, 0.15) is 0 Å². The summed E-state index contributed by atoms with van der Waals surface area (Å²) < 4.78 is 22.6. The standard InChI is InChI=1S/C23H23FN8O/c24-16-3-1-4-17(15-16)30-11-8-29(9-12-30)10-13-31-7-6-18-21(31)27-23(25)32-22(18)26-20(28-32)19-5-2-14-33-19/h1-7,14-15H,8-13H2,(H2,25,27). The van der Waals surface area contributed by atoms with Crippen molar-refractivity contribution in [2.75, 3.05) is 43.4 Å². The lowest BCUT2D eigenvalue weighted by molar-refractivity contribution is 0.249. The second-order valence-corrected chi connectivity index (χ2v) is 8.17. The number of anilines is 2. The Morgan fingerprint density at radius 1 is 0.970 bits per heavy atom. The minimum Gasteiger partial charge on any atom is -0.461 e. The number of furan rings is 1. The summed E-state index contributed by atoms with van der Waals surface area (Å²) in [5, 5.41) is 5.34. The highest BCUT2D eigenvalue weighted by molar-refractivity contribution is 5.91. The van der Waals surface area contributed by atoms with E-state index < -0.39 is 0 Å². The first-order valence-electron chi connectivity index (χ1n) is 10.9. The summed E-state index contributed by atoms with van der Waals surface area (Å²) >= 11 is 0. The Balaban J connectivity index is 1.18. The van der Waals surface area contributed by atoms with Crippen molar-refractivity contribution in [3.63, 3.8) is 0 Å². The van der Waals surface area contributed by atoms with Gasteiger partial charge in [-0.2, -0.15) is 9.50 Å². The van der Waals surface area contributed by atoms with E-state index in [0.717, 1.165) is 56.0 Å². The Morgan fingerprint density at radius 3 is 2.64 bits per heavy atom. The van der Waals surface area contributed by atoms with Gasteiger partial charge in [0.25, 0.3) is 0 Å². The summed E-state index contributed by atoms with van der Waals surface area (Å²) in [5.74, 6) is 1.15. The van der Waals surface area contributed by atoms with Gasteiger partial charge in [0.05, 0.1) is 11.6 Å². The fourth-order valence-electron chi connectivity index (χ4n) is 4.41. The third kappa shape index (κ3) is 3.58. The monoisotopic (exact) mass is 446 g/mol. The molecule has 5 aromatic rings. The van der Waals surface area contributed by atoms with Crippen molar-refractivity contribution in [1.29, 1.82) is 0 Å². The smallest absolute Gasteiger partial charge is 0.225 e. The Bertz CT molecular complexity index is 1420. The van der Waals surface area contributed by atoms with Gasteiger partial charge in [-0.15, -0.1) is 5.10 Å². The van der Waals surface area contributed by atoms with E-state index in [4.69, 9.17) is 10.2 Å². The molecule has 6 rings (SSSR count). The summed E-state index contributed by atoms with van der Waals surface area (Å²) in [6.45, 7) is 5.26. The van der Waals surface area contributed by atoms with Crippen molar-refractivity contribution < 1.29 is 8.81 Å². The molecule has 33 heavy (non-hydrogen) atoms. The zero-order chi connectivity index (χ0) is 22.4. The number of nitrogens with two attached hydrogens (primary N) is 1. The molecule has 168 valence electrons. The Kier molecular flexibility index (Phi) is 4.72. The molecule has 0 amide bonds. The number of fused-ring (bicyclic) bond motifs is 3. The SMILES string of the molecule is Nc1nc2c(ccn2CCN2CCN(c3cccc(F)c3)CC2)c2nc(-c3ccco3)nn12. The Labute approximate surface area is 188 Å². The van der Waals surface area contributed by atoms with Crippen LogP contribution in [0.2, 0.25) is 0 Å². The highest BCUT2D eigenvalue weighted by atomic mass is 19.1. The largest absolute Gasteiger partial charge is 0.461 e. The van der Waals surface area contributed by atoms with Crippen molar-refractivity contribution in [2.45, 2.75) is 6.54 Å². The maximum absolute atomic E-state index is 13.5. The fourth-order valence-corrected chi connectivity index (χ4v) is 4.41. The predicted octanol–water partition coefficient (Wildman–Crippen LogP) is 2.88. The number of hydrogen-bond donors (Lipinski definition) is 1. The van der Waals surface area contributed by atoms with Gasteiger partial charge < -0.3 is 19.6 Å². The van der Waals surface area contributed by atoms with Crippen LogP contribution in [0, 0.1) is 5.82 Å². The molecule has 0 aliphatic carbocycles. The molecule has 0 saturated carbocycles. The quantitative estimate of drug-likeness (QED) is 0.444. The van der Waals surface area contributed by atoms with Gasteiger partial charge in [-0.3, -0.25) is 4.90 Å². The number of benzene rings is 1. The van der Waals surface area contributed by atoms with Gasteiger partial charge in [-0.05, 0) is 36.4 Å². The lowest BCUT2D eigenvalue weighted by Gasteiger charge is -2.36. The van der Waals surface area contributed by atoms with Crippen LogP contribution in [0.3, 0.4) is 0 Å². The lowest BCUT2D eigenvalue weighted by atomic mass is 10.2. The van der Waals surface area contributed by atoms with Gasteiger partial charge >= 0.3 is 0 Å². The van der Waals surface area contributed by atoms with Crippen molar-refractivity contribution in [2.24, 2.45) is 0 Å². The molecule has 1 aliphatic heterocycles. The van der Waals surface area contributed by atoms with E-state index in [0.29, 0.717) is 17.2 Å². The van der Waals surface area contributed by atoms with E-state index in [2.05, 4.69) is 29.4 Å². The molecule has 1 aliphatic rings. The number of rotatable bonds is 5. The van der Waals surface area contributed by atoms with Crippen LogP contribution in [-0.2, 0) is 6.54 Å². The predicted molar refractivity (Wildman–Crippen MR) is 123 cm³/mol. The van der Waals surface area contributed by atoms with Crippen LogP contribution >= 0.6 is 0 Å². The van der Waals surface area contributed by atoms with Crippen LogP contribution in [0.4, 0.5) is 16.0 Å². The van der Waals surface area contributed by atoms with E-state index >= 15 is 0 Å². The van der Waals surface area contributed by atoms with Gasteiger partial charge in [-0.1, -0.05) is 6.07 Å². The molecular formula is C23H23FN8O. The molecule has 4 aromatic heterocycles. The second-order valence-electron chi connectivity index (χ2n) is 8.17. The Hall–Kier alpha value is -3.92. The number of nitrogens with zero attached hydrogens (tertiary/aromatic N) is 7. The summed E-state index contributed by atoms with van der Waals surface area (Å²) in [6.07, 6.45) is 3.61. The molecule has 0 radical (unpaired) electrons. The summed E-state index contributed by atoms with van der Waals surface area (Å²) in [7, 11) is 0. The van der Waals surface area contributed by atoms with E-state index in [9.17, 15) is 4.39 Å². The molecule has 1 saturated heterocycles. The average molecular weight is 446 g/mol. The van der Waals surface area contributed by atoms with Crippen LogP contribution < -0.4 is 10.6 Å². The zero-order valence-corrected chi connectivity index (χ0v) is 17.9. The van der Waals surface area contributed by atoms with Crippen LogP contribution in [0.25, 0.3) is 28.3 Å². The molecule has 0 bridgehead atoms. The molecular weight excluding hydrogens is 423 g/mol. The normalized spacial score (nSPS) is 15.1. The molecule has 0 spiro atoms. The van der Waals surface area contributed by atoms with E-state index in [1.807, 2.05) is 24.4 Å². The van der Waals surface area contributed by atoms with Gasteiger partial charge in [-0.25, -0.2) is 9.37 Å². The van der Waals surface area contributed by atoms with Crippen LogP contribution in [0.5, 0.6) is 0 Å². The number of aromatic nitrogens is 5. The van der Waals surface area contributed by atoms with Gasteiger partial charge in [0.2, 0.25) is 11.8 Å². The van der Waals surface area contributed by atoms with Crippen molar-refractivity contribution in [3.8, 4) is 11.6 Å². The number of piperazine rings is 1. The number of hydrogen-bond acceptors (Lipinski definition) is 7. The first-order chi connectivity index (χ1) is 16.2. The molecule has 1 fully saturated rings.